The van der Waals surface area contributed by atoms with E-state index >= 15 is 0 Å². The molecular weight excluding hydrogens is 1690 g/mol. The number of aliphatic hydroxyl groups is 2. The van der Waals surface area contributed by atoms with Crippen molar-refractivity contribution in [2.24, 2.45) is 47.0 Å². The quantitative estimate of drug-likeness (QED) is 0.0265. The van der Waals surface area contributed by atoms with Crippen LogP contribution in [0.4, 0.5) is 0 Å². The van der Waals surface area contributed by atoms with Crippen molar-refractivity contribution >= 4 is 119 Å². The molecule has 128 heavy (non-hydrogen) atoms. The molecule has 20 atom stereocenters. The number of benzene rings is 3. The van der Waals surface area contributed by atoms with Crippen molar-refractivity contribution in [3.63, 3.8) is 0 Å². The number of carboxylic acid groups (broad SMARTS) is 1. The van der Waals surface area contributed by atoms with Gasteiger partial charge in [0.1, 0.15) is 96.4 Å². The van der Waals surface area contributed by atoms with E-state index < -0.39 is 228 Å². The summed E-state index contributed by atoms with van der Waals surface area (Å²) < 4.78 is 0. The zero-order valence-corrected chi connectivity index (χ0v) is 78.2. The summed E-state index contributed by atoms with van der Waals surface area (Å²) >= 11 is 5.89. The summed E-state index contributed by atoms with van der Waals surface area (Å²) in [5.41, 5.74) is 13.4. The number of thiol groups is 1. The summed E-state index contributed by atoms with van der Waals surface area (Å²) in [4.78, 5) is 226. The first-order valence-electron chi connectivity index (χ1n) is 43.9. The lowest BCUT2D eigenvalue weighted by Crippen LogP contribution is -2.63. The van der Waals surface area contributed by atoms with E-state index in [9.17, 15) is 97.1 Å². The van der Waals surface area contributed by atoms with Crippen LogP contribution in [0.1, 0.15) is 178 Å². The number of nitrogens with two attached hydrogens (primary N) is 2. The topological polar surface area (TPSA) is 587 Å². The Balaban J connectivity index is 1.91. The van der Waals surface area contributed by atoms with Gasteiger partial charge in [0.15, 0.2) is 0 Å². The zero-order valence-electron chi connectivity index (χ0n) is 76.5. The predicted molar refractivity (Wildman–Crippen MR) is 489 cm³/mol. The van der Waals surface area contributed by atoms with E-state index in [0.717, 1.165) is 0 Å². The van der Waals surface area contributed by atoms with E-state index in [1.165, 1.54) is 56.8 Å². The smallest absolute Gasteiger partial charge is 0.325 e. The molecular formula is C89H141N17O20S2. The number of hydrogen-bond donors (Lipinski definition) is 22. The average molecular weight is 1830 g/mol. The van der Waals surface area contributed by atoms with Crippen molar-refractivity contribution in [1.82, 2.24) is 79.8 Å². The van der Waals surface area contributed by atoms with Crippen LogP contribution in [-0.2, 0) is 96.0 Å². The van der Waals surface area contributed by atoms with Gasteiger partial charge < -0.3 is 112 Å². The van der Waals surface area contributed by atoms with Gasteiger partial charge in [-0.15, -0.1) is 0 Å². The first-order chi connectivity index (χ1) is 60.4. The van der Waals surface area contributed by atoms with Crippen LogP contribution in [0.3, 0.4) is 0 Å². The van der Waals surface area contributed by atoms with Crippen LogP contribution in [-0.4, -0.2) is 249 Å². The van der Waals surface area contributed by atoms with Crippen LogP contribution >= 0.6 is 24.4 Å². The summed E-state index contributed by atoms with van der Waals surface area (Å²) in [6.07, 6.45) is 1.99. The second-order valence-corrected chi connectivity index (χ2v) is 35.3. The van der Waals surface area contributed by atoms with E-state index in [4.69, 9.17) is 11.5 Å². The molecule has 0 bridgehead atoms. The van der Waals surface area contributed by atoms with E-state index in [0.29, 0.717) is 61.1 Å². The van der Waals surface area contributed by atoms with E-state index in [-0.39, 0.29) is 68.3 Å². The molecule has 39 heteroatoms. The molecule has 0 radical (unpaired) electrons. The van der Waals surface area contributed by atoms with Crippen molar-refractivity contribution in [2.75, 3.05) is 30.9 Å². The zero-order chi connectivity index (χ0) is 96.4. The third-order valence-electron chi connectivity index (χ3n) is 21.9. The predicted octanol–water partition coefficient (Wildman–Crippen LogP) is 0.215. The molecule has 15 amide bonds. The lowest BCUT2D eigenvalue weighted by atomic mass is 9.94. The molecule has 714 valence electrons. The third kappa shape index (κ3) is 38.4. The summed E-state index contributed by atoms with van der Waals surface area (Å²) in [7, 11) is 0. The van der Waals surface area contributed by atoms with E-state index in [1.54, 1.807) is 144 Å². The number of carboxylic acids is 1. The summed E-state index contributed by atoms with van der Waals surface area (Å²) in [6.45, 7) is 23.5. The maximum atomic E-state index is 15.0. The summed E-state index contributed by atoms with van der Waals surface area (Å²) in [5, 5.41) is 80.9. The van der Waals surface area contributed by atoms with Gasteiger partial charge in [-0.1, -0.05) is 175 Å². The Morgan fingerprint density at radius 3 is 1.13 bits per heavy atom. The number of unbranched alkanes of at least 4 members (excludes halogenated alkanes) is 1. The Morgan fingerprint density at radius 2 is 0.703 bits per heavy atom. The Hall–Kier alpha value is -10.5. The minimum absolute atomic E-state index is 0.0215. The normalized spacial score (nSPS) is 16.1. The number of thioether (sulfide) groups is 1. The van der Waals surface area contributed by atoms with Gasteiger partial charge in [0.25, 0.3) is 0 Å². The number of rotatable bonds is 58. The van der Waals surface area contributed by atoms with Crippen molar-refractivity contribution in [1.29, 1.82) is 0 Å². The van der Waals surface area contributed by atoms with Crippen LogP contribution in [0, 0.1) is 35.5 Å². The number of phenols is 1. The van der Waals surface area contributed by atoms with E-state index in [1.807, 2.05) is 6.26 Å². The van der Waals surface area contributed by atoms with E-state index in [2.05, 4.69) is 92.4 Å². The van der Waals surface area contributed by atoms with Crippen molar-refractivity contribution in [2.45, 2.75) is 284 Å². The number of carbonyl (C=O) groups is 16. The van der Waals surface area contributed by atoms with Crippen LogP contribution in [0.15, 0.2) is 84.9 Å². The molecule has 0 saturated heterocycles. The van der Waals surface area contributed by atoms with Gasteiger partial charge in [0.2, 0.25) is 88.6 Å². The average Bonchev–Trinajstić information content (AvgIpc) is 0.842. The Labute approximate surface area is 760 Å². The molecule has 0 aliphatic heterocycles. The number of hydrogen-bond acceptors (Lipinski definition) is 23. The molecule has 0 unspecified atom stereocenters. The fourth-order valence-corrected chi connectivity index (χ4v) is 14.1. The first-order valence-corrected chi connectivity index (χ1v) is 45.9. The molecule has 0 saturated carbocycles. The van der Waals surface area contributed by atoms with Gasteiger partial charge in [0, 0.05) is 25.0 Å². The molecule has 3 aromatic carbocycles. The molecule has 0 spiro atoms. The number of aromatic hydroxyl groups is 1. The Morgan fingerprint density at radius 1 is 0.375 bits per heavy atom. The lowest BCUT2D eigenvalue weighted by molar-refractivity contribution is -0.142. The highest BCUT2D eigenvalue weighted by atomic mass is 32.2. The lowest BCUT2D eigenvalue weighted by Gasteiger charge is -2.31. The number of aliphatic carboxylic acids is 1. The van der Waals surface area contributed by atoms with Gasteiger partial charge >= 0.3 is 5.97 Å². The van der Waals surface area contributed by atoms with Crippen LogP contribution < -0.4 is 91.2 Å². The highest BCUT2D eigenvalue weighted by Crippen LogP contribution is 2.20. The molecule has 0 heterocycles. The second kappa shape index (κ2) is 57.4. The number of amides is 15. The molecule has 0 aromatic heterocycles. The molecule has 3 aromatic rings. The minimum Gasteiger partial charge on any atom is -0.508 e. The molecule has 37 nitrogen and oxygen atoms in total. The van der Waals surface area contributed by atoms with Crippen LogP contribution in [0.2, 0.25) is 0 Å². The molecule has 0 fully saturated rings. The molecule has 0 aliphatic rings. The Bertz CT molecular complexity index is 4100. The standard InChI is InChI=1S/C89H141N17O20S2/c1-17-50(10)70(104-87(123)72(52(12)19-3)105-88(124)73(55(15)108)106-76(112)61(32-26-27-38-90)94-75(111)60(91)37-39-128-16)85(121)92-53(13)74(110)95-62(40-47(4)5)78(114)100-67(45-107)82(118)97-66(44-58-33-35-59(109)36-34-58)81(117)103-71(51(11)18-2)86(122)99-65(43-57-30-24-21-25-31-57)79(115)101-68(46-127)83(119)96-63(41-48(6)7)80(116)102-69(49(8)9)84(120)98-64(42-56-28-22-20-23-29-56)77(113)93-54(14)89(125)126/h20-25,28-31,33-36,47-55,60-73,107-109,127H,17-19,26-27,32,37-46,90-91H2,1-16H3,(H,92,121)(H,93,113)(H,94,111)(H,95,110)(H,96,119)(H,97,118)(H,98,120)(H,99,122)(H,100,114)(H,101,115)(H,102,116)(H,103,117)(H,104,123)(H,105,124)(H,106,112)(H,125,126)/t50-,51-,52-,53-,54-,55+,60-,61-,62-,63-,64-,65-,66-,67-,68-,69-,70-,71-,72-,73-/m0/s1. The molecule has 0 aliphatic carbocycles. The van der Waals surface area contributed by atoms with Crippen molar-refractivity contribution in [3.8, 4) is 5.75 Å². The molecule has 3 rings (SSSR count). The Kier molecular flexibility index (Phi) is 50.1. The monoisotopic (exact) mass is 1830 g/mol. The van der Waals surface area contributed by atoms with Crippen molar-refractivity contribution in [3.05, 3.63) is 102 Å². The van der Waals surface area contributed by atoms with Crippen LogP contribution in [0.25, 0.3) is 0 Å². The summed E-state index contributed by atoms with van der Waals surface area (Å²) in [6, 6.07) is 0.269. The van der Waals surface area contributed by atoms with Gasteiger partial charge in [-0.3, -0.25) is 76.7 Å². The largest absolute Gasteiger partial charge is 0.508 e. The highest BCUT2D eigenvalue weighted by molar-refractivity contribution is 7.98. The summed E-state index contributed by atoms with van der Waals surface area (Å²) in [5.74, 6) is -17.4. The minimum atomic E-state index is -1.82. The maximum Gasteiger partial charge on any atom is 0.325 e. The van der Waals surface area contributed by atoms with Crippen LogP contribution in [0.5, 0.6) is 5.75 Å². The van der Waals surface area contributed by atoms with Gasteiger partial charge in [-0.25, -0.2) is 0 Å². The second-order valence-electron chi connectivity index (χ2n) is 33.9. The highest BCUT2D eigenvalue weighted by Gasteiger charge is 2.41. The fourth-order valence-electron chi connectivity index (χ4n) is 13.4. The fraction of sp³-hybridized carbons (Fsp3) is 0.618. The first kappa shape index (κ1) is 112. The van der Waals surface area contributed by atoms with Gasteiger partial charge in [-0.2, -0.15) is 24.4 Å². The third-order valence-corrected chi connectivity index (χ3v) is 22.9. The van der Waals surface area contributed by atoms with Gasteiger partial charge in [-0.05, 0) is 142 Å². The van der Waals surface area contributed by atoms with Gasteiger partial charge in [0.05, 0.1) is 18.8 Å². The number of aliphatic hydroxyl groups excluding tert-OH is 2. The number of carbonyl (C=O) groups excluding carboxylic acids is 15. The SMILES string of the molecule is CC[C@H](C)[C@H](NC(=O)[C@H](Cc1ccc(O)cc1)NC(=O)[C@H](CO)NC(=O)[C@H](CC(C)C)NC(=O)[C@H](C)NC(=O)[C@@H](NC(=O)[C@@H](NC(=O)[C@@H](NC(=O)[C@H](CCCCN)NC(=O)[C@@H](N)CCSC)[C@@H](C)O)[C@@H](C)CC)[C@@H](C)CC)C(=O)N[C@@H](Cc1ccccc1)C(=O)N[C@@H](CS)C(=O)N[C@@H](CC(C)C)C(=O)N[C@H](C(=O)N[C@@H](Cc1ccccc1)C(=O)N[C@@H](C)C(=O)O)C(C)C. The number of nitrogens with one attached hydrogen (secondary N) is 15. The maximum absolute atomic E-state index is 15.0. The van der Waals surface area contributed by atoms with Crippen molar-refractivity contribution < 1.29 is 97.1 Å². The number of phenolic OH excluding ortho intramolecular Hbond substituents is 1. The molecule has 23 N–H and O–H groups in total.